The summed E-state index contributed by atoms with van der Waals surface area (Å²) < 4.78 is 5.31. The molecule has 0 saturated carbocycles. The number of aryl methyl sites for hydroxylation is 1. The van der Waals surface area contributed by atoms with Crippen molar-refractivity contribution in [1.29, 1.82) is 5.26 Å². The van der Waals surface area contributed by atoms with Crippen molar-refractivity contribution in [2.24, 2.45) is 0 Å². The Kier molecular flexibility index (Phi) is 4.51. The van der Waals surface area contributed by atoms with Crippen LogP contribution in [0.1, 0.15) is 17.1 Å². The highest BCUT2D eigenvalue weighted by molar-refractivity contribution is 5.40. The first-order valence-corrected chi connectivity index (χ1v) is 6.34. The lowest BCUT2D eigenvalue weighted by atomic mass is 10.1. The molecule has 0 atom stereocenters. The lowest BCUT2D eigenvalue weighted by Gasteiger charge is -2.09. The van der Waals surface area contributed by atoms with E-state index in [1.807, 2.05) is 30.3 Å². The van der Waals surface area contributed by atoms with Crippen molar-refractivity contribution in [3.8, 4) is 11.8 Å². The normalized spacial score (nSPS) is 9.85. The third-order valence-corrected chi connectivity index (χ3v) is 2.85. The van der Waals surface area contributed by atoms with Crippen LogP contribution in [0.5, 0.6) is 5.75 Å². The molecule has 0 aliphatic carbocycles. The molecule has 0 radical (unpaired) electrons. The number of nitrogens with one attached hydrogen (secondary N) is 1. The van der Waals surface area contributed by atoms with Crippen molar-refractivity contribution in [3.63, 3.8) is 0 Å². The molecule has 0 saturated heterocycles. The summed E-state index contributed by atoms with van der Waals surface area (Å²) in [6.07, 6.45) is 0.814. The fourth-order valence-corrected chi connectivity index (χ4v) is 1.95. The molecule has 2 rings (SSSR count). The van der Waals surface area contributed by atoms with Crippen LogP contribution in [0.3, 0.4) is 0 Å². The molecule has 20 heavy (non-hydrogen) atoms. The number of nitriles is 1. The number of rotatable bonds is 5. The summed E-state index contributed by atoms with van der Waals surface area (Å²) in [6, 6.07) is 11.6. The number of aromatic nitrogens is 2. The van der Waals surface area contributed by atoms with Gasteiger partial charge in [-0.1, -0.05) is 18.2 Å². The minimum Gasteiger partial charge on any atom is -0.496 e. The second kappa shape index (κ2) is 6.53. The molecule has 102 valence electrons. The molecule has 2 aromatic rings. The van der Waals surface area contributed by atoms with E-state index in [-0.39, 0.29) is 0 Å². The third-order valence-electron chi connectivity index (χ3n) is 2.85. The maximum Gasteiger partial charge on any atom is 0.146 e. The molecule has 1 aromatic carbocycles. The average Bonchev–Trinajstić information content (AvgIpc) is 2.47. The van der Waals surface area contributed by atoms with Crippen LogP contribution in [0.25, 0.3) is 0 Å². The summed E-state index contributed by atoms with van der Waals surface area (Å²) in [5.41, 5.74) is 1.51. The van der Waals surface area contributed by atoms with Crippen LogP contribution < -0.4 is 10.1 Å². The van der Waals surface area contributed by atoms with Gasteiger partial charge in [-0.25, -0.2) is 9.97 Å². The first-order chi connectivity index (χ1) is 9.72. The van der Waals surface area contributed by atoms with E-state index in [0.29, 0.717) is 23.9 Å². The van der Waals surface area contributed by atoms with Crippen LogP contribution in [0.15, 0.2) is 30.3 Å². The zero-order valence-electron chi connectivity index (χ0n) is 11.6. The Balaban J connectivity index is 1.99. The van der Waals surface area contributed by atoms with Crippen LogP contribution in [0.4, 0.5) is 5.82 Å². The first kappa shape index (κ1) is 13.8. The minimum absolute atomic E-state index is 0.372. The van der Waals surface area contributed by atoms with Gasteiger partial charge < -0.3 is 10.1 Å². The van der Waals surface area contributed by atoms with E-state index in [2.05, 4.69) is 15.3 Å². The van der Waals surface area contributed by atoms with E-state index in [9.17, 15) is 0 Å². The molecule has 1 aromatic heterocycles. The molecule has 5 heteroatoms. The lowest BCUT2D eigenvalue weighted by Crippen LogP contribution is -2.08. The van der Waals surface area contributed by atoms with Crippen molar-refractivity contribution in [1.82, 2.24) is 9.97 Å². The van der Waals surface area contributed by atoms with Gasteiger partial charge in [0.05, 0.1) is 7.11 Å². The fraction of sp³-hybridized carbons (Fsp3) is 0.267. The number of hydrogen-bond donors (Lipinski definition) is 1. The van der Waals surface area contributed by atoms with Crippen molar-refractivity contribution < 1.29 is 4.74 Å². The van der Waals surface area contributed by atoms with Crippen molar-refractivity contribution in [2.75, 3.05) is 19.0 Å². The smallest absolute Gasteiger partial charge is 0.146 e. The first-order valence-electron chi connectivity index (χ1n) is 6.34. The Morgan fingerprint density at radius 1 is 1.30 bits per heavy atom. The van der Waals surface area contributed by atoms with E-state index in [0.717, 1.165) is 17.7 Å². The minimum atomic E-state index is 0.372. The summed E-state index contributed by atoms with van der Waals surface area (Å²) in [5, 5.41) is 12.1. The van der Waals surface area contributed by atoms with Crippen LogP contribution in [0.2, 0.25) is 0 Å². The second-order valence-corrected chi connectivity index (χ2v) is 4.29. The summed E-state index contributed by atoms with van der Waals surface area (Å²) in [4.78, 5) is 8.26. The number of ether oxygens (including phenoxy) is 1. The van der Waals surface area contributed by atoms with Gasteiger partial charge in [0, 0.05) is 12.6 Å². The summed E-state index contributed by atoms with van der Waals surface area (Å²) >= 11 is 0. The quantitative estimate of drug-likeness (QED) is 0.901. The van der Waals surface area contributed by atoms with E-state index in [1.54, 1.807) is 20.1 Å². The van der Waals surface area contributed by atoms with E-state index in [4.69, 9.17) is 10.00 Å². The average molecular weight is 268 g/mol. The monoisotopic (exact) mass is 268 g/mol. The molecule has 0 unspecified atom stereocenters. The van der Waals surface area contributed by atoms with E-state index >= 15 is 0 Å². The maximum atomic E-state index is 8.87. The molecular weight excluding hydrogens is 252 g/mol. The number of anilines is 1. The van der Waals surface area contributed by atoms with Crippen molar-refractivity contribution in [3.05, 3.63) is 47.4 Å². The molecule has 1 heterocycles. The molecule has 5 nitrogen and oxygen atoms in total. The van der Waals surface area contributed by atoms with Crippen LogP contribution in [-0.4, -0.2) is 23.6 Å². The predicted molar refractivity (Wildman–Crippen MR) is 76.7 cm³/mol. The number of nitrogens with zero attached hydrogens (tertiary/aromatic N) is 3. The Labute approximate surface area is 118 Å². The van der Waals surface area contributed by atoms with Gasteiger partial charge in [-0.3, -0.25) is 0 Å². The van der Waals surface area contributed by atoms with Gasteiger partial charge in [0.2, 0.25) is 0 Å². The number of methoxy groups -OCH3 is 1. The third kappa shape index (κ3) is 3.45. The number of benzene rings is 1. The molecule has 1 N–H and O–H groups in total. The second-order valence-electron chi connectivity index (χ2n) is 4.29. The van der Waals surface area contributed by atoms with Gasteiger partial charge in [0.25, 0.3) is 0 Å². The lowest BCUT2D eigenvalue weighted by molar-refractivity contribution is 0.410. The molecule has 0 bridgehead atoms. The van der Waals surface area contributed by atoms with Gasteiger partial charge in [-0.2, -0.15) is 5.26 Å². The molecule has 0 fully saturated rings. The zero-order chi connectivity index (χ0) is 14.4. The number of hydrogen-bond acceptors (Lipinski definition) is 5. The zero-order valence-corrected chi connectivity index (χ0v) is 11.6. The highest BCUT2D eigenvalue weighted by atomic mass is 16.5. The van der Waals surface area contributed by atoms with E-state index in [1.165, 1.54) is 0 Å². The maximum absolute atomic E-state index is 8.87. The Morgan fingerprint density at radius 2 is 2.10 bits per heavy atom. The highest BCUT2D eigenvalue weighted by Gasteiger charge is 2.03. The Morgan fingerprint density at radius 3 is 2.85 bits per heavy atom. The van der Waals surface area contributed by atoms with Gasteiger partial charge in [-0.05, 0) is 25.0 Å². The molecule has 0 aliphatic rings. The van der Waals surface area contributed by atoms with Crippen LogP contribution in [-0.2, 0) is 6.42 Å². The Bertz CT molecular complexity index is 634. The fourth-order valence-electron chi connectivity index (χ4n) is 1.95. The van der Waals surface area contributed by atoms with Gasteiger partial charge in [0.1, 0.15) is 29.2 Å². The summed E-state index contributed by atoms with van der Waals surface area (Å²) in [6.45, 7) is 2.48. The van der Waals surface area contributed by atoms with Gasteiger partial charge in [-0.15, -0.1) is 0 Å². The summed E-state index contributed by atoms with van der Waals surface area (Å²) in [7, 11) is 1.67. The van der Waals surface area contributed by atoms with Crippen LogP contribution in [0, 0.1) is 18.3 Å². The molecule has 0 amide bonds. The predicted octanol–water partition coefficient (Wildman–Crippen LogP) is 2.32. The SMILES string of the molecule is COc1ccccc1CCNc1cc(C#N)nc(C)n1. The van der Waals surface area contributed by atoms with Crippen LogP contribution >= 0.6 is 0 Å². The van der Waals surface area contributed by atoms with Gasteiger partial charge in [0.15, 0.2) is 0 Å². The summed E-state index contributed by atoms with van der Waals surface area (Å²) in [5.74, 6) is 2.14. The van der Waals surface area contributed by atoms with Gasteiger partial charge >= 0.3 is 0 Å². The van der Waals surface area contributed by atoms with E-state index < -0.39 is 0 Å². The Hall–Kier alpha value is -2.61. The van der Waals surface area contributed by atoms with Crippen molar-refractivity contribution in [2.45, 2.75) is 13.3 Å². The van der Waals surface area contributed by atoms with Crippen molar-refractivity contribution >= 4 is 5.82 Å². The topological polar surface area (TPSA) is 70.8 Å². The molecule has 0 spiro atoms. The number of para-hydroxylation sites is 1. The highest BCUT2D eigenvalue weighted by Crippen LogP contribution is 2.17. The molecular formula is C15H16N4O. The standard InChI is InChI=1S/C15H16N4O/c1-11-18-13(10-16)9-15(19-11)17-8-7-12-5-3-4-6-14(12)20-2/h3-6,9H,7-8H2,1-2H3,(H,17,18,19). The molecule has 0 aliphatic heterocycles. The largest absolute Gasteiger partial charge is 0.496 e.